The smallest absolute Gasteiger partial charge is 0.370 e. The third kappa shape index (κ3) is 9.96. The summed E-state index contributed by atoms with van der Waals surface area (Å²) in [6, 6.07) is 14.3. The molecule has 0 spiro atoms. The number of H-pyrrole nitrogens is 1. The van der Waals surface area contributed by atoms with Crippen LogP contribution in [0.2, 0.25) is 0 Å². The summed E-state index contributed by atoms with van der Waals surface area (Å²) in [5, 5.41) is 14.2. The lowest BCUT2D eigenvalue weighted by molar-refractivity contribution is -0.0328. The van der Waals surface area contributed by atoms with E-state index in [0.717, 1.165) is 30.4 Å². The zero-order valence-corrected chi connectivity index (χ0v) is 25.9. The molecule has 0 aliphatic rings. The minimum Gasteiger partial charge on any atom is -0.370 e. The number of halogens is 3. The number of aromatic amines is 1. The summed E-state index contributed by atoms with van der Waals surface area (Å²) in [4.78, 5) is 20.5. The molecule has 4 rings (SSSR count). The summed E-state index contributed by atoms with van der Waals surface area (Å²) in [6.07, 6.45) is 7.13. The highest BCUT2D eigenvalue weighted by Gasteiger charge is 2.29. The molecule has 2 aromatic heterocycles. The number of rotatable bonds is 15. The fraction of sp³-hybridized carbons (Fsp3) is 0.344. The lowest BCUT2D eigenvalue weighted by atomic mass is 10.0. The number of fused-ring (bicyclic) bond motifs is 1. The minimum atomic E-state index is -4.42. The van der Waals surface area contributed by atoms with Crippen LogP contribution in [0.15, 0.2) is 77.1 Å². The predicted molar refractivity (Wildman–Crippen MR) is 176 cm³/mol. The van der Waals surface area contributed by atoms with Crippen molar-refractivity contribution < 1.29 is 13.2 Å². The molecule has 0 aliphatic carbocycles. The van der Waals surface area contributed by atoms with Crippen molar-refractivity contribution in [1.29, 1.82) is 5.41 Å². The van der Waals surface area contributed by atoms with Crippen LogP contribution in [0.3, 0.4) is 0 Å². The van der Waals surface area contributed by atoms with Crippen molar-refractivity contribution in [2.45, 2.75) is 61.5 Å². The van der Waals surface area contributed by atoms with Gasteiger partial charge in [-0.25, -0.2) is 4.79 Å². The van der Waals surface area contributed by atoms with E-state index < -0.39 is 11.2 Å². The molecule has 2 atom stereocenters. The van der Waals surface area contributed by atoms with Crippen molar-refractivity contribution in [2.24, 2.45) is 11.5 Å². The molecule has 2 aromatic carbocycles. The van der Waals surface area contributed by atoms with Crippen molar-refractivity contribution in [1.82, 2.24) is 25.2 Å². The van der Waals surface area contributed by atoms with Crippen LogP contribution in [0, 0.1) is 5.41 Å². The monoisotopic (exact) mass is 640 g/mol. The van der Waals surface area contributed by atoms with Gasteiger partial charge in [-0.2, -0.15) is 18.2 Å². The van der Waals surface area contributed by atoms with Crippen LogP contribution in [-0.4, -0.2) is 45.1 Å². The number of nitrogens with two attached hydrogens (primary N) is 2. The second-order valence-electron chi connectivity index (χ2n) is 11.0. The van der Waals surface area contributed by atoms with E-state index in [-0.39, 0.29) is 34.7 Å². The number of hydrogen-bond acceptors (Lipinski definition) is 6. The van der Waals surface area contributed by atoms with E-state index in [4.69, 9.17) is 16.9 Å². The van der Waals surface area contributed by atoms with Crippen molar-refractivity contribution in [3.63, 3.8) is 0 Å². The highest BCUT2D eigenvalue weighted by molar-refractivity contribution is 8.00. The molecule has 240 valence electrons. The van der Waals surface area contributed by atoms with Crippen LogP contribution in [-0.2, 0) is 6.42 Å². The molecule has 0 saturated heterocycles. The zero-order chi connectivity index (χ0) is 32.6. The van der Waals surface area contributed by atoms with Gasteiger partial charge >= 0.3 is 11.2 Å². The Hall–Kier alpha value is -4.07. The number of benzene rings is 2. The Morgan fingerprint density at radius 3 is 2.60 bits per heavy atom. The third-order valence-electron chi connectivity index (χ3n) is 7.18. The Bertz CT molecular complexity index is 1660. The van der Waals surface area contributed by atoms with Crippen LogP contribution in [0.1, 0.15) is 49.8 Å². The lowest BCUT2D eigenvalue weighted by Gasteiger charge is -2.18. The van der Waals surface area contributed by atoms with Gasteiger partial charge in [-0.05, 0) is 110 Å². The van der Waals surface area contributed by atoms with Crippen molar-refractivity contribution in [3.05, 3.63) is 89.0 Å². The number of aryl methyl sites for hydroxylation is 1. The van der Waals surface area contributed by atoms with Crippen LogP contribution < -0.4 is 27.8 Å². The summed E-state index contributed by atoms with van der Waals surface area (Å²) in [6.45, 7) is 7.06. The Labute approximate surface area is 264 Å². The summed E-state index contributed by atoms with van der Waals surface area (Å²) < 4.78 is 41.3. The highest BCUT2D eigenvalue weighted by Crippen LogP contribution is 2.39. The molecule has 2 heterocycles. The van der Waals surface area contributed by atoms with Crippen molar-refractivity contribution in [2.75, 3.05) is 13.1 Å². The summed E-state index contributed by atoms with van der Waals surface area (Å²) >= 11 is -0.147. The van der Waals surface area contributed by atoms with Gasteiger partial charge in [0.05, 0.1) is 5.69 Å². The van der Waals surface area contributed by atoms with Crippen LogP contribution in [0.5, 0.6) is 0 Å². The average Bonchev–Trinajstić information content (AvgIpc) is 3.38. The van der Waals surface area contributed by atoms with Gasteiger partial charge in [0.25, 0.3) is 0 Å². The van der Waals surface area contributed by atoms with Crippen molar-refractivity contribution in [3.8, 4) is 16.9 Å². The largest absolute Gasteiger partial charge is 0.446 e. The van der Waals surface area contributed by atoms with Gasteiger partial charge in [0.2, 0.25) is 0 Å². The number of alkyl halides is 3. The molecule has 8 N–H and O–H groups in total. The zero-order valence-electron chi connectivity index (χ0n) is 25.1. The highest BCUT2D eigenvalue weighted by atomic mass is 32.2. The lowest BCUT2D eigenvalue weighted by Crippen LogP contribution is -2.33. The van der Waals surface area contributed by atoms with Crippen LogP contribution >= 0.6 is 11.8 Å². The molecule has 0 bridgehead atoms. The Kier molecular flexibility index (Phi) is 11.5. The molecule has 0 unspecified atom stereocenters. The predicted octanol–water partition coefficient (Wildman–Crippen LogP) is 5.74. The van der Waals surface area contributed by atoms with E-state index in [0.29, 0.717) is 53.9 Å². The molecule has 4 aromatic rings. The Morgan fingerprint density at radius 2 is 1.93 bits per heavy atom. The Morgan fingerprint density at radius 1 is 1.18 bits per heavy atom. The molecule has 0 saturated carbocycles. The molecule has 45 heavy (non-hydrogen) atoms. The van der Waals surface area contributed by atoms with Gasteiger partial charge in [-0.1, -0.05) is 18.2 Å². The van der Waals surface area contributed by atoms with E-state index in [2.05, 4.69) is 27.2 Å². The number of guanidine groups is 1. The Balaban J connectivity index is 1.58. The first-order valence-corrected chi connectivity index (χ1v) is 15.5. The third-order valence-corrected chi connectivity index (χ3v) is 7.88. The first-order valence-electron chi connectivity index (χ1n) is 14.7. The summed E-state index contributed by atoms with van der Waals surface area (Å²) in [7, 11) is 0. The molecule has 0 radical (unpaired) electrons. The van der Waals surface area contributed by atoms with E-state index in [9.17, 15) is 18.0 Å². The quantitative estimate of drug-likeness (QED) is 0.0319. The van der Waals surface area contributed by atoms with E-state index in [1.54, 1.807) is 18.3 Å². The second-order valence-corrected chi connectivity index (χ2v) is 12.1. The van der Waals surface area contributed by atoms with Gasteiger partial charge in [-0.3, -0.25) is 9.98 Å². The maximum absolute atomic E-state index is 13.3. The summed E-state index contributed by atoms with van der Waals surface area (Å²) in [5.41, 5.74) is 10.2. The molecule has 0 amide bonds. The van der Waals surface area contributed by atoms with Crippen LogP contribution in [0.4, 0.5) is 13.2 Å². The summed E-state index contributed by atoms with van der Waals surface area (Å²) in [5.74, 6) is -0.0563. The van der Waals surface area contributed by atoms with Gasteiger partial charge < -0.3 is 27.1 Å². The molecule has 13 heteroatoms. The van der Waals surface area contributed by atoms with E-state index in [1.807, 2.05) is 43.3 Å². The molecular formula is C32H39F3N8OS. The second kappa shape index (κ2) is 15.3. The number of thioether (sulfide) groups is 1. The van der Waals surface area contributed by atoms with Gasteiger partial charge in [0.15, 0.2) is 5.96 Å². The molecule has 9 nitrogen and oxygen atoms in total. The number of nitrogens with zero attached hydrogens (tertiary/aromatic N) is 2. The number of nitrogens with one attached hydrogen (secondary N) is 4. The van der Waals surface area contributed by atoms with Gasteiger partial charge in [-0.15, -0.1) is 6.58 Å². The van der Waals surface area contributed by atoms with E-state index >= 15 is 0 Å². The SMILES string of the molecule is C=CC[C@@H](NCCCNC(=N)N)c1ccc(-n2cc3cc(-c4cc(CCC[C@H](C)N)cc(SC(F)(F)F)c4)[nH]c3nc2=O)cc1. The maximum Gasteiger partial charge on any atom is 0.446 e. The topological polar surface area (TPSA) is 151 Å². The first kappa shape index (κ1) is 33.8. The fourth-order valence-electron chi connectivity index (χ4n) is 5.08. The normalized spacial score (nSPS) is 13.1. The first-order chi connectivity index (χ1) is 21.4. The van der Waals surface area contributed by atoms with Crippen molar-refractivity contribution >= 4 is 28.8 Å². The molecule has 0 aliphatic heterocycles. The van der Waals surface area contributed by atoms with Gasteiger partial charge in [0, 0.05) is 40.8 Å². The number of aromatic nitrogens is 3. The average molecular weight is 641 g/mol. The maximum atomic E-state index is 13.3. The molecular weight excluding hydrogens is 601 g/mol. The van der Waals surface area contributed by atoms with Crippen LogP contribution in [0.25, 0.3) is 28.0 Å². The number of hydrogen-bond donors (Lipinski definition) is 6. The minimum absolute atomic E-state index is 0.0125. The van der Waals surface area contributed by atoms with Gasteiger partial charge in [0.1, 0.15) is 5.65 Å². The fourth-order valence-corrected chi connectivity index (χ4v) is 5.74. The molecule has 0 fully saturated rings. The van der Waals surface area contributed by atoms with E-state index in [1.165, 1.54) is 10.6 Å². The standard InChI is InChI=1S/C32H39F3N8OS/c1-3-6-27(39-13-5-14-40-30(37)38)22-9-11-25(12-10-22)43-19-24-18-28(41-29(24)42-31(43)44)23-15-21(8-4-7-20(2)36)16-26(17-23)45-32(33,34)35/h3,9-12,15-20,27,39H,1,4-8,13-14,36H2,2H3,(H4,37,38,40)(H,41,42,44)/t20-,27+/m0/s1.